The first-order valence-corrected chi connectivity index (χ1v) is 11.0. The maximum absolute atomic E-state index is 13.6. The van der Waals surface area contributed by atoms with Crippen molar-refractivity contribution in [1.29, 1.82) is 0 Å². The van der Waals surface area contributed by atoms with E-state index in [9.17, 15) is 9.59 Å². The molecule has 0 N–H and O–H groups in total. The van der Waals surface area contributed by atoms with Gasteiger partial charge in [-0.3, -0.25) is 14.3 Å². The fraction of sp³-hybridized carbons (Fsp3) is 0.600. The molecule has 31 heavy (non-hydrogen) atoms. The zero-order valence-corrected chi connectivity index (χ0v) is 20.6. The number of benzene rings is 1. The molecule has 0 spiro atoms. The van der Waals surface area contributed by atoms with Crippen LogP contribution in [0, 0.1) is 12.3 Å². The van der Waals surface area contributed by atoms with Gasteiger partial charge >= 0.3 is 6.09 Å². The van der Waals surface area contributed by atoms with Crippen molar-refractivity contribution in [2.24, 2.45) is 5.41 Å². The van der Waals surface area contributed by atoms with Crippen LogP contribution in [-0.4, -0.2) is 29.9 Å². The molecule has 0 unspecified atom stereocenters. The van der Waals surface area contributed by atoms with Crippen LogP contribution in [0.3, 0.4) is 0 Å². The van der Waals surface area contributed by atoms with Crippen LogP contribution in [-0.2, 0) is 11.3 Å². The summed E-state index contributed by atoms with van der Waals surface area (Å²) in [6, 6.07) is 5.72. The first kappa shape index (κ1) is 24.8. The minimum atomic E-state index is -0.656. The molecule has 0 aliphatic rings. The van der Waals surface area contributed by atoms with Gasteiger partial charge in [-0.25, -0.2) is 4.79 Å². The van der Waals surface area contributed by atoms with Gasteiger partial charge in [0.2, 0.25) is 0 Å². The SMILES string of the molecule is CCCCOc1c(N(C)C(=O)OC(C)(C)C)n(CC(C)(C)C)c(=O)c2ccc(C)cc12. The molecule has 1 aromatic carbocycles. The lowest BCUT2D eigenvalue weighted by Crippen LogP contribution is -2.39. The van der Waals surface area contributed by atoms with Crippen molar-refractivity contribution in [3.05, 3.63) is 34.1 Å². The van der Waals surface area contributed by atoms with E-state index < -0.39 is 11.7 Å². The minimum Gasteiger partial charge on any atom is -0.489 e. The average molecular weight is 431 g/mol. The summed E-state index contributed by atoms with van der Waals surface area (Å²) in [4.78, 5) is 28.0. The summed E-state index contributed by atoms with van der Waals surface area (Å²) in [5, 5.41) is 1.30. The number of nitrogens with zero attached hydrogens (tertiary/aromatic N) is 2. The zero-order valence-electron chi connectivity index (χ0n) is 20.6. The van der Waals surface area contributed by atoms with Crippen molar-refractivity contribution < 1.29 is 14.3 Å². The third-order valence-corrected chi connectivity index (χ3v) is 4.72. The van der Waals surface area contributed by atoms with Crippen molar-refractivity contribution >= 4 is 22.7 Å². The van der Waals surface area contributed by atoms with Crippen molar-refractivity contribution in [2.75, 3.05) is 18.6 Å². The lowest BCUT2D eigenvalue weighted by molar-refractivity contribution is 0.0585. The molecule has 0 atom stereocenters. The minimum absolute atomic E-state index is 0.141. The Bertz CT molecular complexity index is 994. The van der Waals surface area contributed by atoms with Gasteiger partial charge in [0, 0.05) is 19.0 Å². The Morgan fingerprint density at radius 2 is 1.74 bits per heavy atom. The number of carbonyl (C=O) groups is 1. The second-order valence-corrected chi connectivity index (χ2v) is 10.4. The maximum Gasteiger partial charge on any atom is 0.415 e. The molecule has 0 radical (unpaired) electrons. The topological polar surface area (TPSA) is 60.8 Å². The Balaban J connectivity index is 2.84. The predicted octanol–water partition coefficient (Wildman–Crippen LogP) is 5.91. The number of ether oxygens (including phenoxy) is 2. The van der Waals surface area contributed by atoms with Crippen LogP contribution >= 0.6 is 0 Å². The molecule has 0 fully saturated rings. The van der Waals surface area contributed by atoms with Gasteiger partial charge in [-0.05, 0) is 51.7 Å². The van der Waals surface area contributed by atoms with E-state index in [0.717, 1.165) is 23.8 Å². The molecule has 172 valence electrons. The van der Waals surface area contributed by atoms with Crippen molar-refractivity contribution in [1.82, 2.24) is 4.57 Å². The van der Waals surface area contributed by atoms with Gasteiger partial charge in [0.1, 0.15) is 5.60 Å². The molecule has 0 saturated carbocycles. The van der Waals surface area contributed by atoms with Gasteiger partial charge < -0.3 is 9.47 Å². The van der Waals surface area contributed by atoms with E-state index in [1.165, 1.54) is 4.90 Å². The summed E-state index contributed by atoms with van der Waals surface area (Å²) in [5.74, 6) is 0.979. The molecule has 1 aromatic heterocycles. The van der Waals surface area contributed by atoms with E-state index in [1.54, 1.807) is 11.6 Å². The van der Waals surface area contributed by atoms with Crippen molar-refractivity contribution in [2.45, 2.75) is 80.4 Å². The first-order chi connectivity index (χ1) is 14.2. The number of pyridine rings is 1. The number of hydrogen-bond acceptors (Lipinski definition) is 4. The molecule has 2 rings (SSSR count). The highest BCUT2D eigenvalue weighted by Gasteiger charge is 2.29. The van der Waals surface area contributed by atoms with Crippen LogP contribution in [0.1, 0.15) is 66.9 Å². The maximum atomic E-state index is 13.6. The summed E-state index contributed by atoms with van der Waals surface area (Å²) in [7, 11) is 1.64. The molecule has 0 aliphatic heterocycles. The number of aryl methyl sites for hydroxylation is 1. The van der Waals surface area contributed by atoms with Crippen LogP contribution in [0.5, 0.6) is 5.75 Å². The van der Waals surface area contributed by atoms with Gasteiger partial charge in [-0.1, -0.05) is 45.7 Å². The molecule has 0 bridgehead atoms. The monoisotopic (exact) mass is 430 g/mol. The molecule has 1 amide bonds. The summed E-state index contributed by atoms with van der Waals surface area (Å²) >= 11 is 0. The third kappa shape index (κ3) is 6.25. The smallest absolute Gasteiger partial charge is 0.415 e. The first-order valence-electron chi connectivity index (χ1n) is 11.0. The normalized spacial score (nSPS) is 12.2. The van der Waals surface area contributed by atoms with Crippen LogP contribution < -0.4 is 15.2 Å². The van der Waals surface area contributed by atoms with Gasteiger partial charge in [0.25, 0.3) is 5.56 Å². The Labute approximate surface area is 186 Å². The fourth-order valence-electron chi connectivity index (χ4n) is 3.35. The Kier molecular flexibility index (Phi) is 7.45. The molecule has 0 saturated heterocycles. The molecular formula is C25H38N2O4. The largest absolute Gasteiger partial charge is 0.489 e. The molecule has 6 nitrogen and oxygen atoms in total. The third-order valence-electron chi connectivity index (χ3n) is 4.72. The summed E-state index contributed by atoms with van der Waals surface area (Å²) in [6.07, 6.45) is 1.33. The number of aromatic nitrogens is 1. The van der Waals surface area contributed by atoms with E-state index >= 15 is 0 Å². The molecule has 0 aliphatic carbocycles. The van der Waals surface area contributed by atoms with Crippen molar-refractivity contribution in [3.63, 3.8) is 0 Å². The molecule has 6 heteroatoms. The number of anilines is 1. The summed E-state index contributed by atoms with van der Waals surface area (Å²) in [5.41, 5.74) is 0.0358. The van der Waals surface area contributed by atoms with Gasteiger partial charge in [0.05, 0.1) is 12.0 Å². The Morgan fingerprint density at radius 1 is 1.10 bits per heavy atom. The highest BCUT2D eigenvalue weighted by Crippen LogP contribution is 2.37. The molecule has 2 aromatic rings. The predicted molar refractivity (Wildman–Crippen MR) is 127 cm³/mol. The number of fused-ring (bicyclic) bond motifs is 1. The summed E-state index contributed by atoms with van der Waals surface area (Å²) in [6.45, 7) is 16.7. The van der Waals surface area contributed by atoms with E-state index in [0.29, 0.717) is 30.1 Å². The molecule has 1 heterocycles. The lowest BCUT2D eigenvalue weighted by atomic mass is 9.96. The second-order valence-electron chi connectivity index (χ2n) is 10.4. The van der Waals surface area contributed by atoms with Gasteiger partial charge in [0.15, 0.2) is 11.6 Å². The van der Waals surface area contributed by atoms with E-state index in [-0.39, 0.29) is 11.0 Å². The Hall–Kier alpha value is -2.50. The van der Waals surface area contributed by atoms with Crippen LogP contribution in [0.25, 0.3) is 10.8 Å². The highest BCUT2D eigenvalue weighted by molar-refractivity contribution is 5.97. The quantitative estimate of drug-likeness (QED) is 0.535. The number of carbonyl (C=O) groups excluding carboxylic acids is 1. The second kappa shape index (κ2) is 9.33. The van der Waals surface area contributed by atoms with Crippen LogP contribution in [0.4, 0.5) is 10.6 Å². The number of amides is 1. The van der Waals surface area contributed by atoms with Crippen molar-refractivity contribution in [3.8, 4) is 5.75 Å². The molecular weight excluding hydrogens is 392 g/mol. The van der Waals surface area contributed by atoms with Gasteiger partial charge in [-0.15, -0.1) is 0 Å². The lowest BCUT2D eigenvalue weighted by Gasteiger charge is -2.30. The number of unbranched alkanes of at least 4 members (excludes halogenated alkanes) is 1. The van der Waals surface area contributed by atoms with Gasteiger partial charge in [-0.2, -0.15) is 0 Å². The van der Waals surface area contributed by atoms with E-state index in [2.05, 4.69) is 27.7 Å². The van der Waals surface area contributed by atoms with Crippen LogP contribution in [0.2, 0.25) is 0 Å². The number of hydrogen-bond donors (Lipinski definition) is 0. The zero-order chi connectivity index (χ0) is 23.6. The standard InChI is InChI=1S/C25H38N2O4/c1-10-11-14-30-20-19-15-17(2)12-13-18(19)22(28)27(16-24(3,4)5)21(20)26(9)23(29)31-25(6,7)8/h12-13,15H,10-11,14,16H2,1-9H3. The highest BCUT2D eigenvalue weighted by atomic mass is 16.6. The van der Waals surface area contributed by atoms with E-state index in [4.69, 9.17) is 9.47 Å². The van der Waals surface area contributed by atoms with E-state index in [1.807, 2.05) is 45.9 Å². The van der Waals surface area contributed by atoms with Crippen LogP contribution in [0.15, 0.2) is 23.0 Å². The fourth-order valence-corrected chi connectivity index (χ4v) is 3.35. The summed E-state index contributed by atoms with van der Waals surface area (Å²) < 4.78 is 13.5. The average Bonchev–Trinajstić information content (AvgIpc) is 2.62. The number of rotatable bonds is 6. The Morgan fingerprint density at radius 3 is 2.29 bits per heavy atom.